The molecule has 0 radical (unpaired) electrons. The normalized spacial score (nSPS) is 27.3. The lowest BCUT2D eigenvalue weighted by atomic mass is 10.0. The van der Waals surface area contributed by atoms with Gasteiger partial charge in [0.1, 0.15) is 24.3 Å². The summed E-state index contributed by atoms with van der Waals surface area (Å²) in [5.41, 5.74) is -0.778. The summed E-state index contributed by atoms with van der Waals surface area (Å²) in [5, 5.41) is 4.34. The van der Waals surface area contributed by atoms with Crippen LogP contribution < -0.4 is 15.2 Å². The maximum Gasteiger partial charge on any atom is 0.419 e. The maximum absolute atomic E-state index is 12.8. The van der Waals surface area contributed by atoms with Crippen molar-refractivity contribution in [1.82, 2.24) is 10.2 Å². The first-order valence-corrected chi connectivity index (χ1v) is 9.87. The third-order valence-electron chi connectivity index (χ3n) is 5.67. The van der Waals surface area contributed by atoms with Crippen LogP contribution in [0.5, 0.6) is 0 Å². The molecule has 146 valence electrons. The van der Waals surface area contributed by atoms with Crippen molar-refractivity contribution in [2.45, 2.75) is 25.1 Å². The van der Waals surface area contributed by atoms with Crippen LogP contribution in [0, 0.1) is 11.8 Å². The molecule has 1 saturated heterocycles. The highest BCUT2D eigenvalue weighted by atomic mass is 35.5. The molecule has 0 unspecified atom stereocenters. The summed E-state index contributed by atoms with van der Waals surface area (Å²) in [6.45, 7) is 2.68. The number of fused-ring (bicyclic) bond motifs is 2. The van der Waals surface area contributed by atoms with E-state index < -0.39 is 11.7 Å². The van der Waals surface area contributed by atoms with E-state index in [-0.39, 0.29) is 5.02 Å². The molecule has 3 aliphatic rings. The minimum absolute atomic E-state index is 0.0766. The number of hydrogen-bond acceptors (Lipinski definition) is 2. The van der Waals surface area contributed by atoms with Crippen LogP contribution in [0.15, 0.2) is 24.4 Å². The van der Waals surface area contributed by atoms with E-state index in [1.807, 2.05) is 4.90 Å². The molecule has 4 rings (SSSR count). The van der Waals surface area contributed by atoms with E-state index in [9.17, 15) is 13.2 Å². The number of hydrogen-bond donors (Lipinski definition) is 1. The lowest BCUT2D eigenvalue weighted by molar-refractivity contribution is -0.367. The molecule has 2 heterocycles. The molecule has 1 aliphatic heterocycles. The highest BCUT2D eigenvalue weighted by Gasteiger charge is 2.37. The first kappa shape index (κ1) is 18.8. The Morgan fingerprint density at radius 2 is 1.93 bits per heavy atom. The molecular weight excluding hydrogens is 397 g/mol. The Bertz CT molecular complexity index is 761. The van der Waals surface area contributed by atoms with E-state index in [0.29, 0.717) is 49.9 Å². The Labute approximate surface area is 166 Å². The van der Waals surface area contributed by atoms with Crippen LogP contribution in [0.1, 0.15) is 18.4 Å². The fourth-order valence-electron chi connectivity index (χ4n) is 4.20. The lowest BCUT2D eigenvalue weighted by Crippen LogP contribution is -2.54. The second kappa shape index (κ2) is 7.13. The number of halogens is 4. The van der Waals surface area contributed by atoms with Gasteiger partial charge in [-0.05, 0) is 43.0 Å². The first-order chi connectivity index (χ1) is 12.8. The molecule has 2 bridgehead atoms. The van der Waals surface area contributed by atoms with Crippen molar-refractivity contribution in [3.05, 3.63) is 35.0 Å². The average molecular weight is 418 g/mol. The summed E-state index contributed by atoms with van der Waals surface area (Å²) in [6.07, 6.45) is 3.49. The molecular formula is C18H21ClF3N4S+. The van der Waals surface area contributed by atoms with Gasteiger partial charge in [0.25, 0.3) is 5.82 Å². The van der Waals surface area contributed by atoms with Gasteiger partial charge < -0.3 is 10.2 Å². The molecule has 0 amide bonds. The predicted molar refractivity (Wildman–Crippen MR) is 102 cm³/mol. The number of aromatic nitrogens is 1. The number of H-pyrrole nitrogens is 1. The summed E-state index contributed by atoms with van der Waals surface area (Å²) < 4.78 is 38.3. The minimum Gasteiger partial charge on any atom is -0.359 e. The van der Waals surface area contributed by atoms with Gasteiger partial charge in [-0.25, -0.2) is 4.98 Å². The van der Waals surface area contributed by atoms with Gasteiger partial charge in [-0.1, -0.05) is 23.8 Å². The van der Waals surface area contributed by atoms with E-state index in [2.05, 4.69) is 27.4 Å². The zero-order valence-electron chi connectivity index (χ0n) is 14.6. The Balaban J connectivity index is 1.33. The van der Waals surface area contributed by atoms with Crippen LogP contribution in [0.3, 0.4) is 0 Å². The molecule has 0 spiro atoms. The fourth-order valence-corrected chi connectivity index (χ4v) is 4.82. The van der Waals surface area contributed by atoms with E-state index in [1.54, 1.807) is 0 Å². The summed E-state index contributed by atoms with van der Waals surface area (Å²) in [7, 11) is 0. The van der Waals surface area contributed by atoms with E-state index in [4.69, 9.17) is 23.8 Å². The van der Waals surface area contributed by atoms with E-state index >= 15 is 0 Å². The van der Waals surface area contributed by atoms with E-state index in [0.717, 1.165) is 23.8 Å². The highest BCUT2D eigenvalue weighted by molar-refractivity contribution is 7.80. The van der Waals surface area contributed by atoms with Crippen molar-refractivity contribution < 1.29 is 18.2 Å². The lowest BCUT2D eigenvalue weighted by Gasteiger charge is -2.34. The third kappa shape index (κ3) is 3.87. The Kier molecular flexibility index (Phi) is 4.96. The van der Waals surface area contributed by atoms with Crippen molar-refractivity contribution in [1.29, 1.82) is 0 Å². The van der Waals surface area contributed by atoms with Gasteiger partial charge in [0.15, 0.2) is 5.11 Å². The molecule has 0 aromatic carbocycles. The molecule has 9 heteroatoms. The monoisotopic (exact) mass is 417 g/mol. The second-order valence-corrected chi connectivity index (χ2v) is 8.19. The second-order valence-electron chi connectivity index (χ2n) is 7.39. The van der Waals surface area contributed by atoms with Gasteiger partial charge in [-0.2, -0.15) is 13.2 Å². The smallest absolute Gasteiger partial charge is 0.359 e. The van der Waals surface area contributed by atoms with Crippen molar-refractivity contribution >= 4 is 34.7 Å². The van der Waals surface area contributed by atoms with Crippen LogP contribution in [0.4, 0.5) is 19.0 Å². The number of piperazine rings is 1. The average Bonchev–Trinajstić information content (AvgIpc) is 3.24. The Morgan fingerprint density at radius 3 is 2.48 bits per heavy atom. The molecule has 1 aromatic rings. The number of alkyl halides is 3. The van der Waals surface area contributed by atoms with Crippen molar-refractivity contribution in [2.24, 2.45) is 11.8 Å². The Morgan fingerprint density at radius 1 is 1.19 bits per heavy atom. The van der Waals surface area contributed by atoms with Crippen LogP contribution in [-0.2, 0) is 6.18 Å². The molecule has 1 aromatic heterocycles. The first-order valence-electron chi connectivity index (χ1n) is 9.08. The number of anilines is 1. The number of aromatic amines is 1. The highest BCUT2D eigenvalue weighted by Crippen LogP contribution is 2.39. The van der Waals surface area contributed by atoms with Gasteiger partial charge in [0, 0.05) is 6.04 Å². The number of allylic oxidation sites excluding steroid dienone is 1. The number of pyridine rings is 1. The SMILES string of the molecule is FC(F)(F)c1c[nH+]c(N2CCN(C(=S)N[C@@H]3C[C@@H]4C=C[C@H]3C4)CC2)c(Cl)c1. The molecule has 1 saturated carbocycles. The Hall–Kier alpha value is -1.54. The summed E-state index contributed by atoms with van der Waals surface area (Å²) >= 11 is 11.7. The van der Waals surface area contributed by atoms with Crippen LogP contribution in [0.25, 0.3) is 0 Å². The van der Waals surface area contributed by atoms with Crippen molar-refractivity contribution in [3.63, 3.8) is 0 Å². The van der Waals surface area contributed by atoms with Gasteiger partial charge >= 0.3 is 6.18 Å². The zero-order valence-corrected chi connectivity index (χ0v) is 16.2. The summed E-state index contributed by atoms with van der Waals surface area (Å²) in [5.74, 6) is 1.78. The maximum atomic E-state index is 12.8. The van der Waals surface area contributed by atoms with Gasteiger partial charge in [0.2, 0.25) is 0 Å². The topological polar surface area (TPSA) is 32.7 Å². The van der Waals surface area contributed by atoms with Gasteiger partial charge in [-0.3, -0.25) is 4.90 Å². The number of thiocarbonyl (C=S) groups is 1. The van der Waals surface area contributed by atoms with Crippen LogP contribution in [-0.4, -0.2) is 42.2 Å². The molecule has 4 nitrogen and oxygen atoms in total. The molecule has 2 fully saturated rings. The third-order valence-corrected chi connectivity index (χ3v) is 6.34. The predicted octanol–water partition coefficient (Wildman–Crippen LogP) is 3.13. The van der Waals surface area contributed by atoms with Gasteiger partial charge in [0.05, 0.1) is 18.7 Å². The molecule has 2 aliphatic carbocycles. The van der Waals surface area contributed by atoms with Gasteiger partial charge in [-0.15, -0.1) is 0 Å². The van der Waals surface area contributed by atoms with Crippen molar-refractivity contribution in [2.75, 3.05) is 31.1 Å². The number of nitrogens with zero attached hydrogens (tertiary/aromatic N) is 2. The van der Waals surface area contributed by atoms with Crippen LogP contribution >= 0.6 is 23.8 Å². The molecule has 3 atom stereocenters. The molecule has 27 heavy (non-hydrogen) atoms. The van der Waals surface area contributed by atoms with Crippen molar-refractivity contribution in [3.8, 4) is 0 Å². The fraction of sp³-hybridized carbons (Fsp3) is 0.556. The quantitative estimate of drug-likeness (QED) is 0.592. The summed E-state index contributed by atoms with van der Waals surface area (Å²) in [4.78, 5) is 6.79. The largest absolute Gasteiger partial charge is 0.419 e. The van der Waals surface area contributed by atoms with Crippen LogP contribution in [0.2, 0.25) is 5.02 Å². The number of rotatable bonds is 2. The summed E-state index contributed by atoms with van der Waals surface area (Å²) in [6, 6.07) is 1.39. The van der Waals surface area contributed by atoms with E-state index in [1.165, 1.54) is 6.42 Å². The zero-order chi connectivity index (χ0) is 19.2. The molecule has 2 N–H and O–H groups in total. The standard InChI is InChI=1S/C18H20ClF3N4S/c19-14-9-13(18(20,21)22)10-23-16(14)25-3-5-26(6-4-25)17(27)24-15-8-11-1-2-12(15)7-11/h1-2,9-12,15H,3-8H2,(H,24,27)/p+1/t11-,12+,15-/m1/s1. The number of nitrogens with one attached hydrogen (secondary N) is 2. The minimum atomic E-state index is -4.41.